The Morgan fingerprint density at radius 3 is 2.82 bits per heavy atom. The molecule has 1 atom stereocenters. The Hall–Kier alpha value is -0.570. The second-order valence-electron chi connectivity index (χ2n) is 3.47. The molecular formula is C8H14O3. The molecule has 1 rings (SSSR count). The van der Waals surface area contributed by atoms with E-state index in [0.717, 1.165) is 19.4 Å². The van der Waals surface area contributed by atoms with E-state index in [9.17, 15) is 4.79 Å². The van der Waals surface area contributed by atoms with E-state index >= 15 is 0 Å². The van der Waals surface area contributed by atoms with Crippen LogP contribution in [0.1, 0.15) is 26.7 Å². The minimum atomic E-state index is -0.326. The molecule has 3 nitrogen and oxygen atoms in total. The van der Waals surface area contributed by atoms with Gasteiger partial charge in [0.25, 0.3) is 6.47 Å². The van der Waals surface area contributed by atoms with Crippen LogP contribution in [0.2, 0.25) is 0 Å². The highest BCUT2D eigenvalue weighted by Gasteiger charge is 2.27. The normalized spacial score (nSPS) is 22.9. The summed E-state index contributed by atoms with van der Waals surface area (Å²) in [6, 6.07) is 0. The first-order valence-electron chi connectivity index (χ1n) is 3.87. The summed E-state index contributed by atoms with van der Waals surface area (Å²) in [5.74, 6) is 0. The van der Waals surface area contributed by atoms with Crippen LogP contribution in [0.25, 0.3) is 0 Å². The van der Waals surface area contributed by atoms with Gasteiger partial charge in [-0.1, -0.05) is 0 Å². The second kappa shape index (κ2) is 3.22. The van der Waals surface area contributed by atoms with E-state index in [1.165, 1.54) is 0 Å². The molecule has 64 valence electrons. The van der Waals surface area contributed by atoms with Crippen LogP contribution in [0.15, 0.2) is 0 Å². The molecular weight excluding hydrogens is 144 g/mol. The standard InChI is InChI=1S/C8H14O3/c1-8(2,11-6-9)4-3-7-5-10-7/h6-7H,3-5H2,1-2H3/t7-/m0/s1. The number of carbonyl (C=O) groups excluding carboxylic acids is 1. The molecule has 1 heterocycles. The summed E-state index contributed by atoms with van der Waals surface area (Å²) in [7, 11) is 0. The van der Waals surface area contributed by atoms with Crippen LogP contribution in [-0.2, 0) is 14.3 Å². The van der Waals surface area contributed by atoms with Crippen LogP contribution in [0.4, 0.5) is 0 Å². The van der Waals surface area contributed by atoms with Gasteiger partial charge in [0, 0.05) is 0 Å². The van der Waals surface area contributed by atoms with Crippen molar-refractivity contribution < 1.29 is 14.3 Å². The molecule has 0 bridgehead atoms. The van der Waals surface area contributed by atoms with Crippen LogP contribution >= 0.6 is 0 Å². The number of epoxide rings is 1. The van der Waals surface area contributed by atoms with Gasteiger partial charge in [0.15, 0.2) is 0 Å². The maximum atomic E-state index is 10.0. The van der Waals surface area contributed by atoms with Gasteiger partial charge in [-0.25, -0.2) is 0 Å². The molecule has 1 aliphatic rings. The molecule has 11 heavy (non-hydrogen) atoms. The average molecular weight is 158 g/mol. The molecule has 0 aromatic rings. The fourth-order valence-electron chi connectivity index (χ4n) is 0.932. The summed E-state index contributed by atoms with van der Waals surface area (Å²) in [5.41, 5.74) is -0.326. The lowest BCUT2D eigenvalue weighted by Gasteiger charge is -2.21. The van der Waals surface area contributed by atoms with Gasteiger partial charge >= 0.3 is 0 Å². The van der Waals surface area contributed by atoms with E-state index in [0.29, 0.717) is 12.6 Å². The van der Waals surface area contributed by atoms with Crippen molar-refractivity contribution in [2.45, 2.75) is 38.4 Å². The van der Waals surface area contributed by atoms with Crippen molar-refractivity contribution >= 4 is 6.47 Å². The molecule has 1 saturated heterocycles. The third kappa shape index (κ3) is 3.37. The summed E-state index contributed by atoms with van der Waals surface area (Å²) in [6.07, 6.45) is 2.28. The minimum Gasteiger partial charge on any atom is -0.462 e. The van der Waals surface area contributed by atoms with Crippen molar-refractivity contribution in [1.82, 2.24) is 0 Å². The first-order chi connectivity index (χ1) is 5.14. The van der Waals surface area contributed by atoms with E-state index in [2.05, 4.69) is 0 Å². The Morgan fingerprint density at radius 1 is 1.73 bits per heavy atom. The third-order valence-electron chi connectivity index (χ3n) is 1.84. The SMILES string of the molecule is CC(C)(CC[C@H]1CO1)OC=O. The Labute approximate surface area is 66.7 Å². The number of ether oxygens (including phenoxy) is 2. The molecule has 0 aromatic carbocycles. The van der Waals surface area contributed by atoms with Crippen molar-refractivity contribution in [3.8, 4) is 0 Å². The highest BCUT2D eigenvalue weighted by molar-refractivity contribution is 5.38. The van der Waals surface area contributed by atoms with E-state index in [1.54, 1.807) is 0 Å². The third-order valence-corrected chi connectivity index (χ3v) is 1.84. The summed E-state index contributed by atoms with van der Waals surface area (Å²) in [6.45, 7) is 5.19. The fourth-order valence-corrected chi connectivity index (χ4v) is 0.932. The highest BCUT2D eigenvalue weighted by Crippen LogP contribution is 2.22. The zero-order valence-corrected chi connectivity index (χ0v) is 7.00. The van der Waals surface area contributed by atoms with Crippen LogP contribution in [-0.4, -0.2) is 24.8 Å². The number of hydrogen-bond acceptors (Lipinski definition) is 3. The van der Waals surface area contributed by atoms with E-state index < -0.39 is 0 Å². The Bertz CT molecular complexity index is 138. The van der Waals surface area contributed by atoms with Gasteiger partial charge in [-0.2, -0.15) is 0 Å². The maximum Gasteiger partial charge on any atom is 0.293 e. The largest absolute Gasteiger partial charge is 0.462 e. The predicted octanol–water partition coefficient (Wildman–Crippen LogP) is 1.12. The molecule has 0 aromatic heterocycles. The summed E-state index contributed by atoms with van der Waals surface area (Å²) in [5, 5.41) is 0. The summed E-state index contributed by atoms with van der Waals surface area (Å²) < 4.78 is 9.91. The molecule has 0 N–H and O–H groups in total. The van der Waals surface area contributed by atoms with E-state index in [-0.39, 0.29) is 5.60 Å². The molecule has 0 saturated carbocycles. The number of carbonyl (C=O) groups is 1. The van der Waals surface area contributed by atoms with Crippen LogP contribution in [0, 0.1) is 0 Å². The molecule has 0 unspecified atom stereocenters. The van der Waals surface area contributed by atoms with Gasteiger partial charge in [0.1, 0.15) is 5.60 Å². The van der Waals surface area contributed by atoms with Crippen LogP contribution in [0.5, 0.6) is 0 Å². The van der Waals surface area contributed by atoms with Crippen molar-refractivity contribution in [3.05, 3.63) is 0 Å². The molecule has 0 amide bonds. The fraction of sp³-hybridized carbons (Fsp3) is 0.875. The molecule has 0 aliphatic carbocycles. The Balaban J connectivity index is 2.14. The Morgan fingerprint density at radius 2 is 2.36 bits per heavy atom. The average Bonchev–Trinajstić information content (AvgIpc) is 2.65. The molecule has 0 radical (unpaired) electrons. The van der Waals surface area contributed by atoms with Crippen molar-refractivity contribution in [1.29, 1.82) is 0 Å². The van der Waals surface area contributed by atoms with Crippen molar-refractivity contribution in [2.24, 2.45) is 0 Å². The van der Waals surface area contributed by atoms with Gasteiger partial charge in [-0.15, -0.1) is 0 Å². The van der Waals surface area contributed by atoms with Crippen LogP contribution < -0.4 is 0 Å². The number of rotatable bonds is 5. The van der Waals surface area contributed by atoms with Gasteiger partial charge in [0.2, 0.25) is 0 Å². The molecule has 0 spiro atoms. The lowest BCUT2D eigenvalue weighted by Crippen LogP contribution is -2.24. The van der Waals surface area contributed by atoms with Crippen LogP contribution in [0.3, 0.4) is 0 Å². The Kier molecular flexibility index (Phi) is 2.49. The lowest BCUT2D eigenvalue weighted by molar-refractivity contribution is -0.140. The highest BCUT2D eigenvalue weighted by atomic mass is 16.6. The zero-order valence-electron chi connectivity index (χ0n) is 7.00. The summed E-state index contributed by atoms with van der Waals surface area (Å²) in [4.78, 5) is 10.0. The molecule has 1 aliphatic heterocycles. The second-order valence-corrected chi connectivity index (χ2v) is 3.47. The molecule has 1 fully saturated rings. The van der Waals surface area contributed by atoms with Crippen molar-refractivity contribution in [3.63, 3.8) is 0 Å². The first-order valence-corrected chi connectivity index (χ1v) is 3.87. The topological polar surface area (TPSA) is 38.8 Å². The van der Waals surface area contributed by atoms with Gasteiger partial charge < -0.3 is 9.47 Å². The van der Waals surface area contributed by atoms with Crippen molar-refractivity contribution in [2.75, 3.05) is 6.61 Å². The maximum absolute atomic E-state index is 10.0. The molecule has 3 heteroatoms. The van der Waals surface area contributed by atoms with E-state index in [1.807, 2.05) is 13.8 Å². The zero-order chi connectivity index (χ0) is 8.32. The summed E-state index contributed by atoms with van der Waals surface area (Å²) >= 11 is 0. The first kappa shape index (κ1) is 8.53. The predicted molar refractivity (Wildman–Crippen MR) is 40.2 cm³/mol. The smallest absolute Gasteiger partial charge is 0.293 e. The van der Waals surface area contributed by atoms with Gasteiger partial charge in [-0.3, -0.25) is 4.79 Å². The minimum absolute atomic E-state index is 0.326. The lowest BCUT2D eigenvalue weighted by atomic mass is 10.0. The monoisotopic (exact) mass is 158 g/mol. The number of hydrogen-bond donors (Lipinski definition) is 0. The quantitative estimate of drug-likeness (QED) is 0.444. The van der Waals surface area contributed by atoms with Gasteiger partial charge in [0.05, 0.1) is 12.7 Å². The van der Waals surface area contributed by atoms with E-state index in [4.69, 9.17) is 9.47 Å². The van der Waals surface area contributed by atoms with Gasteiger partial charge in [-0.05, 0) is 26.7 Å².